The third-order valence-electron chi connectivity index (χ3n) is 3.51. The Bertz CT molecular complexity index is 503. The van der Waals surface area contributed by atoms with E-state index in [1.165, 1.54) is 4.90 Å². The summed E-state index contributed by atoms with van der Waals surface area (Å²) in [5, 5.41) is 3.24. The first kappa shape index (κ1) is 14.7. The first-order valence-corrected chi connectivity index (χ1v) is 7.08. The van der Waals surface area contributed by atoms with Gasteiger partial charge in [0.25, 0.3) is 0 Å². The summed E-state index contributed by atoms with van der Waals surface area (Å²) in [6.45, 7) is 7.60. The average molecular weight is 274 g/mol. The third-order valence-corrected chi connectivity index (χ3v) is 3.51. The fourth-order valence-electron chi connectivity index (χ4n) is 2.54. The maximum atomic E-state index is 12.2. The summed E-state index contributed by atoms with van der Waals surface area (Å²) >= 11 is 0. The van der Waals surface area contributed by atoms with Crippen LogP contribution in [0.4, 0.5) is 5.69 Å². The highest BCUT2D eigenvalue weighted by molar-refractivity contribution is 6.16. The van der Waals surface area contributed by atoms with Crippen molar-refractivity contribution in [2.75, 3.05) is 11.4 Å². The first-order chi connectivity index (χ1) is 9.43. The molecular formula is C16H22N2O2. The number of carbonyl (C=O) groups is 2. The lowest BCUT2D eigenvalue weighted by Crippen LogP contribution is -2.46. The minimum atomic E-state index is -0.230. The van der Waals surface area contributed by atoms with E-state index >= 15 is 0 Å². The largest absolute Gasteiger partial charge is 0.313 e. The van der Waals surface area contributed by atoms with Gasteiger partial charge in [-0.1, -0.05) is 32.9 Å². The number of imide groups is 1. The number of hydrogen-bond acceptors (Lipinski definition) is 3. The van der Waals surface area contributed by atoms with Crippen LogP contribution in [0.5, 0.6) is 0 Å². The summed E-state index contributed by atoms with van der Waals surface area (Å²) in [7, 11) is 0. The van der Waals surface area contributed by atoms with Gasteiger partial charge in [-0.15, -0.1) is 0 Å². The Morgan fingerprint density at radius 3 is 2.45 bits per heavy atom. The van der Waals surface area contributed by atoms with Gasteiger partial charge in [0.15, 0.2) is 0 Å². The van der Waals surface area contributed by atoms with E-state index < -0.39 is 0 Å². The minimum absolute atomic E-state index is 0.105. The molecule has 0 atom stereocenters. The maximum absolute atomic E-state index is 12.2. The molecule has 1 aliphatic rings. The van der Waals surface area contributed by atoms with Crippen molar-refractivity contribution in [3.05, 3.63) is 29.8 Å². The van der Waals surface area contributed by atoms with Gasteiger partial charge < -0.3 is 5.32 Å². The summed E-state index contributed by atoms with van der Waals surface area (Å²) in [6.07, 6.45) is 0.826. The van der Waals surface area contributed by atoms with Gasteiger partial charge in [-0.25, -0.2) is 0 Å². The quantitative estimate of drug-likeness (QED) is 0.858. The molecule has 4 nitrogen and oxygen atoms in total. The molecule has 0 saturated carbocycles. The number of rotatable bonds is 4. The van der Waals surface area contributed by atoms with Crippen LogP contribution >= 0.6 is 0 Å². The van der Waals surface area contributed by atoms with Gasteiger partial charge in [0, 0.05) is 19.4 Å². The molecule has 2 amide bonds. The van der Waals surface area contributed by atoms with Gasteiger partial charge in [-0.05, 0) is 29.7 Å². The van der Waals surface area contributed by atoms with Crippen molar-refractivity contribution >= 4 is 17.5 Å². The second-order valence-electron chi connectivity index (χ2n) is 6.09. The van der Waals surface area contributed by atoms with E-state index in [-0.39, 0.29) is 17.2 Å². The third kappa shape index (κ3) is 3.25. The molecule has 0 aliphatic carbocycles. The lowest BCUT2D eigenvalue weighted by Gasteiger charge is -2.34. The zero-order valence-corrected chi connectivity index (χ0v) is 12.4. The number of benzene rings is 1. The molecule has 1 aliphatic heterocycles. The number of hydrogen-bond donors (Lipinski definition) is 1. The van der Waals surface area contributed by atoms with Crippen LogP contribution in [0.1, 0.15) is 39.2 Å². The second kappa shape index (κ2) is 5.75. The molecule has 108 valence electrons. The molecule has 1 fully saturated rings. The fourth-order valence-corrected chi connectivity index (χ4v) is 2.54. The van der Waals surface area contributed by atoms with Crippen molar-refractivity contribution in [3.63, 3.8) is 0 Å². The van der Waals surface area contributed by atoms with E-state index in [9.17, 15) is 9.59 Å². The Balaban J connectivity index is 2.22. The summed E-state index contributed by atoms with van der Waals surface area (Å²) in [4.78, 5) is 25.8. The molecular weight excluding hydrogens is 252 g/mol. The van der Waals surface area contributed by atoms with Crippen molar-refractivity contribution in [1.29, 1.82) is 0 Å². The number of carbonyl (C=O) groups excluding carboxylic acids is 2. The summed E-state index contributed by atoms with van der Waals surface area (Å²) < 4.78 is 0. The molecule has 0 aromatic heterocycles. The Labute approximate surface area is 120 Å². The molecule has 1 aromatic rings. The lowest BCUT2D eigenvalue weighted by atomic mass is 9.81. The van der Waals surface area contributed by atoms with Crippen LogP contribution in [0, 0.1) is 5.41 Å². The van der Waals surface area contributed by atoms with Gasteiger partial charge in [-0.3, -0.25) is 14.5 Å². The van der Waals surface area contributed by atoms with Crippen molar-refractivity contribution in [1.82, 2.24) is 5.32 Å². The van der Waals surface area contributed by atoms with Gasteiger partial charge >= 0.3 is 0 Å². The van der Waals surface area contributed by atoms with E-state index in [4.69, 9.17) is 0 Å². The number of nitrogens with zero attached hydrogens (tertiary/aromatic N) is 1. The monoisotopic (exact) mass is 274 g/mol. The number of piperidine rings is 1. The van der Waals surface area contributed by atoms with E-state index in [0.29, 0.717) is 18.5 Å². The first-order valence-electron chi connectivity index (χ1n) is 7.08. The van der Waals surface area contributed by atoms with Gasteiger partial charge in [0.1, 0.15) is 0 Å². The molecule has 1 N–H and O–H groups in total. The van der Waals surface area contributed by atoms with Crippen molar-refractivity contribution < 1.29 is 9.59 Å². The highest BCUT2D eigenvalue weighted by Crippen LogP contribution is 2.34. The smallest absolute Gasteiger partial charge is 0.234 e. The standard InChI is InChI=1S/C16H22N2O2/c1-4-17-11-12-6-5-7-13(8-12)18-14(19)9-16(2,3)10-15(18)20/h5-8,17H,4,9-11H2,1-3H3. The van der Waals surface area contributed by atoms with Crippen LogP contribution in [-0.4, -0.2) is 18.4 Å². The van der Waals surface area contributed by atoms with E-state index in [0.717, 1.165) is 18.7 Å². The Morgan fingerprint density at radius 1 is 1.20 bits per heavy atom. The van der Waals surface area contributed by atoms with Crippen LogP contribution < -0.4 is 10.2 Å². The molecule has 0 unspecified atom stereocenters. The van der Waals surface area contributed by atoms with E-state index in [1.54, 1.807) is 0 Å². The number of amides is 2. The highest BCUT2D eigenvalue weighted by atomic mass is 16.2. The zero-order chi connectivity index (χ0) is 14.8. The Kier molecular flexibility index (Phi) is 4.23. The minimum Gasteiger partial charge on any atom is -0.313 e. The van der Waals surface area contributed by atoms with Crippen LogP contribution in [0.3, 0.4) is 0 Å². The Hall–Kier alpha value is -1.68. The molecule has 0 bridgehead atoms. The maximum Gasteiger partial charge on any atom is 0.234 e. The van der Waals surface area contributed by atoms with Crippen molar-refractivity contribution in [3.8, 4) is 0 Å². The molecule has 2 rings (SSSR count). The van der Waals surface area contributed by atoms with Crippen molar-refractivity contribution in [2.45, 2.75) is 40.2 Å². The highest BCUT2D eigenvalue weighted by Gasteiger charge is 2.38. The normalized spacial score (nSPS) is 18.4. The second-order valence-corrected chi connectivity index (χ2v) is 6.09. The van der Waals surface area contributed by atoms with Gasteiger partial charge in [0.2, 0.25) is 11.8 Å². The van der Waals surface area contributed by atoms with Crippen LogP contribution in [0.15, 0.2) is 24.3 Å². The van der Waals surface area contributed by atoms with Crippen LogP contribution in [0.2, 0.25) is 0 Å². The molecule has 1 saturated heterocycles. The fraction of sp³-hybridized carbons (Fsp3) is 0.500. The predicted molar refractivity (Wildman–Crippen MR) is 79.3 cm³/mol. The average Bonchev–Trinajstić information content (AvgIpc) is 2.34. The molecule has 1 aromatic carbocycles. The number of nitrogens with one attached hydrogen (secondary N) is 1. The lowest BCUT2D eigenvalue weighted by molar-refractivity contribution is -0.132. The van der Waals surface area contributed by atoms with Crippen molar-refractivity contribution in [2.24, 2.45) is 5.41 Å². The van der Waals surface area contributed by atoms with E-state index in [2.05, 4.69) is 5.32 Å². The molecule has 0 radical (unpaired) electrons. The molecule has 1 heterocycles. The van der Waals surface area contributed by atoms with Crippen LogP contribution in [0.25, 0.3) is 0 Å². The summed E-state index contributed by atoms with van der Waals surface area (Å²) in [6, 6.07) is 7.62. The zero-order valence-electron chi connectivity index (χ0n) is 12.4. The summed E-state index contributed by atoms with van der Waals surface area (Å²) in [5.41, 5.74) is 1.53. The Morgan fingerprint density at radius 2 is 1.85 bits per heavy atom. The molecule has 4 heteroatoms. The molecule has 0 spiro atoms. The van der Waals surface area contributed by atoms with Crippen LogP contribution in [-0.2, 0) is 16.1 Å². The van der Waals surface area contributed by atoms with Gasteiger partial charge in [-0.2, -0.15) is 0 Å². The number of anilines is 1. The predicted octanol–water partition coefficient (Wildman–Crippen LogP) is 2.48. The SMILES string of the molecule is CCNCc1cccc(N2C(=O)CC(C)(C)CC2=O)c1. The summed E-state index contributed by atoms with van der Waals surface area (Å²) in [5.74, 6) is -0.210. The molecule has 20 heavy (non-hydrogen) atoms. The topological polar surface area (TPSA) is 49.4 Å². The van der Waals surface area contributed by atoms with Gasteiger partial charge in [0.05, 0.1) is 5.69 Å². The van der Waals surface area contributed by atoms with E-state index in [1.807, 2.05) is 45.0 Å².